The first-order valence-corrected chi connectivity index (χ1v) is 6.80. The van der Waals surface area contributed by atoms with Crippen LogP contribution in [0.3, 0.4) is 0 Å². The number of aryl methyl sites for hydroxylation is 1. The van der Waals surface area contributed by atoms with Gasteiger partial charge in [0.2, 0.25) is 5.91 Å². The highest BCUT2D eigenvalue weighted by Crippen LogP contribution is 2.11. The van der Waals surface area contributed by atoms with Crippen LogP contribution in [0.2, 0.25) is 0 Å². The lowest BCUT2D eigenvalue weighted by molar-refractivity contribution is -0.113. The molecule has 0 saturated carbocycles. The number of anilines is 1. The normalized spacial score (nSPS) is 10.7. The van der Waals surface area contributed by atoms with Gasteiger partial charge in [0.15, 0.2) is 0 Å². The van der Waals surface area contributed by atoms with Crippen LogP contribution >= 0.6 is 0 Å². The summed E-state index contributed by atoms with van der Waals surface area (Å²) in [5, 5.41) is 0. The van der Waals surface area contributed by atoms with Crippen LogP contribution in [0, 0.1) is 0 Å². The molecule has 2 aromatic carbocycles. The number of allylic oxidation sites excluding steroid dienone is 1. The van der Waals surface area contributed by atoms with Crippen LogP contribution in [0.5, 0.6) is 0 Å². The van der Waals surface area contributed by atoms with E-state index in [0.29, 0.717) is 0 Å². The molecule has 0 N–H and O–H groups in total. The first-order valence-electron chi connectivity index (χ1n) is 6.80. The largest absolute Gasteiger partial charge is 0.312 e. The highest BCUT2D eigenvalue weighted by atomic mass is 16.2. The van der Waals surface area contributed by atoms with Gasteiger partial charge in [-0.25, -0.2) is 0 Å². The monoisotopic (exact) mass is 265 g/mol. The van der Waals surface area contributed by atoms with Crippen molar-refractivity contribution in [2.24, 2.45) is 0 Å². The molecule has 0 spiro atoms. The van der Waals surface area contributed by atoms with Gasteiger partial charge in [0.1, 0.15) is 0 Å². The van der Waals surface area contributed by atoms with Gasteiger partial charge in [-0.15, -0.1) is 0 Å². The van der Waals surface area contributed by atoms with Gasteiger partial charge in [-0.2, -0.15) is 0 Å². The lowest BCUT2D eigenvalue weighted by atomic mass is 10.1. The fourth-order valence-electron chi connectivity index (χ4n) is 1.97. The van der Waals surface area contributed by atoms with Gasteiger partial charge >= 0.3 is 0 Å². The average molecular weight is 265 g/mol. The Kier molecular flexibility index (Phi) is 5.13. The summed E-state index contributed by atoms with van der Waals surface area (Å²) in [5.74, 6) is 0.00395. The molecule has 0 atom stereocenters. The minimum Gasteiger partial charge on any atom is -0.312 e. The number of nitrogens with zero attached hydrogens (tertiary/aromatic N) is 1. The summed E-state index contributed by atoms with van der Waals surface area (Å²) in [4.78, 5) is 13.6. The van der Waals surface area contributed by atoms with Crippen molar-refractivity contribution in [1.82, 2.24) is 0 Å². The minimum absolute atomic E-state index is 0.00395. The summed E-state index contributed by atoms with van der Waals surface area (Å²) in [6, 6.07) is 19.9. The summed E-state index contributed by atoms with van der Waals surface area (Å²) in [5.41, 5.74) is 2.20. The smallest absolute Gasteiger partial charge is 0.250 e. The molecule has 2 rings (SSSR count). The number of para-hydroxylation sites is 1. The summed E-state index contributed by atoms with van der Waals surface area (Å²) in [7, 11) is 1.79. The highest BCUT2D eigenvalue weighted by Gasteiger charge is 2.05. The van der Waals surface area contributed by atoms with Gasteiger partial charge in [0, 0.05) is 12.7 Å². The van der Waals surface area contributed by atoms with Crippen molar-refractivity contribution < 1.29 is 4.79 Å². The number of rotatable bonds is 5. The van der Waals surface area contributed by atoms with Gasteiger partial charge in [0.05, 0.1) is 0 Å². The third-order valence-corrected chi connectivity index (χ3v) is 3.18. The molecule has 0 heterocycles. The fraction of sp³-hybridized carbons (Fsp3) is 0.167. The quantitative estimate of drug-likeness (QED) is 0.752. The van der Waals surface area contributed by atoms with Gasteiger partial charge in [-0.05, 0) is 36.6 Å². The molecule has 0 unspecified atom stereocenters. The zero-order valence-electron chi connectivity index (χ0n) is 11.7. The molecule has 2 nitrogen and oxygen atoms in total. The maximum atomic E-state index is 12.0. The van der Waals surface area contributed by atoms with Crippen LogP contribution in [0.25, 0.3) is 0 Å². The predicted octanol–water partition coefficient (Wildman–Crippen LogP) is 3.84. The Labute approximate surface area is 120 Å². The molecule has 0 aliphatic carbocycles. The second kappa shape index (κ2) is 7.29. The molecule has 0 radical (unpaired) electrons. The number of hydrogen-bond acceptors (Lipinski definition) is 1. The summed E-state index contributed by atoms with van der Waals surface area (Å²) < 4.78 is 0. The number of carbonyl (C=O) groups is 1. The Balaban J connectivity index is 1.84. The van der Waals surface area contributed by atoms with Crippen molar-refractivity contribution in [2.75, 3.05) is 11.9 Å². The molecule has 1 amide bonds. The number of likely N-dealkylation sites (N-methyl/N-ethyl adjacent to an activating group) is 1. The Morgan fingerprint density at radius 3 is 2.25 bits per heavy atom. The van der Waals surface area contributed by atoms with E-state index in [4.69, 9.17) is 0 Å². The molecule has 2 heteroatoms. The molecule has 102 valence electrons. The molecule has 0 saturated heterocycles. The first-order chi connectivity index (χ1) is 9.77. The molecular weight excluding hydrogens is 246 g/mol. The molecule has 0 aliphatic rings. The Bertz CT molecular complexity index is 560. The van der Waals surface area contributed by atoms with E-state index in [1.54, 1.807) is 18.0 Å². The van der Waals surface area contributed by atoms with E-state index >= 15 is 0 Å². The van der Waals surface area contributed by atoms with Gasteiger partial charge in [0.25, 0.3) is 0 Å². The minimum atomic E-state index is 0.00395. The second-order valence-corrected chi connectivity index (χ2v) is 4.66. The lowest BCUT2D eigenvalue weighted by Gasteiger charge is -2.14. The van der Waals surface area contributed by atoms with Gasteiger partial charge in [-0.1, -0.05) is 54.6 Å². The number of amides is 1. The van der Waals surface area contributed by atoms with Crippen LogP contribution < -0.4 is 4.90 Å². The summed E-state index contributed by atoms with van der Waals surface area (Å²) in [6.07, 6.45) is 5.42. The Hall–Kier alpha value is -2.35. The predicted molar refractivity (Wildman–Crippen MR) is 83.8 cm³/mol. The lowest BCUT2D eigenvalue weighted by Crippen LogP contribution is -2.23. The fourth-order valence-corrected chi connectivity index (χ4v) is 1.97. The van der Waals surface area contributed by atoms with Crippen molar-refractivity contribution in [3.63, 3.8) is 0 Å². The van der Waals surface area contributed by atoms with E-state index in [2.05, 4.69) is 12.1 Å². The van der Waals surface area contributed by atoms with Crippen molar-refractivity contribution in [3.05, 3.63) is 78.4 Å². The van der Waals surface area contributed by atoms with Crippen LogP contribution in [0.15, 0.2) is 72.8 Å². The topological polar surface area (TPSA) is 20.3 Å². The third-order valence-electron chi connectivity index (χ3n) is 3.18. The zero-order valence-corrected chi connectivity index (χ0v) is 11.7. The molecule has 0 fully saturated rings. The molecule has 0 bridgehead atoms. The second-order valence-electron chi connectivity index (χ2n) is 4.66. The van der Waals surface area contributed by atoms with E-state index < -0.39 is 0 Å². The zero-order chi connectivity index (χ0) is 14.2. The standard InChI is InChI=1S/C18H19NO/c1-19(17-13-6-3-7-14-17)18(20)15-9-8-12-16-10-4-2-5-11-16/h2-7,9-11,13-15H,8,12H2,1H3/b15-9+. The highest BCUT2D eigenvalue weighted by molar-refractivity contribution is 6.00. The Morgan fingerprint density at radius 1 is 1.00 bits per heavy atom. The maximum absolute atomic E-state index is 12.0. The first kappa shape index (κ1) is 14.1. The number of benzene rings is 2. The maximum Gasteiger partial charge on any atom is 0.250 e. The molecule has 0 aromatic heterocycles. The van der Waals surface area contributed by atoms with Crippen LogP contribution in [0.4, 0.5) is 5.69 Å². The van der Waals surface area contributed by atoms with Gasteiger partial charge < -0.3 is 4.90 Å². The van der Waals surface area contributed by atoms with Crippen LogP contribution in [-0.4, -0.2) is 13.0 Å². The van der Waals surface area contributed by atoms with Gasteiger partial charge in [-0.3, -0.25) is 4.79 Å². The van der Waals surface area contributed by atoms with Crippen molar-refractivity contribution in [3.8, 4) is 0 Å². The SMILES string of the molecule is CN(C(=O)/C=C/CCc1ccccc1)c1ccccc1. The molecule has 0 aliphatic heterocycles. The van der Waals surface area contributed by atoms with E-state index in [1.165, 1.54) is 5.56 Å². The van der Waals surface area contributed by atoms with Crippen LogP contribution in [-0.2, 0) is 11.2 Å². The molecule has 20 heavy (non-hydrogen) atoms. The van der Waals surface area contributed by atoms with Crippen LogP contribution in [0.1, 0.15) is 12.0 Å². The van der Waals surface area contributed by atoms with Crippen molar-refractivity contribution in [1.29, 1.82) is 0 Å². The van der Waals surface area contributed by atoms with E-state index in [1.807, 2.05) is 54.6 Å². The summed E-state index contributed by atoms with van der Waals surface area (Å²) in [6.45, 7) is 0. The molecule has 2 aromatic rings. The van der Waals surface area contributed by atoms with E-state index in [9.17, 15) is 4.79 Å². The molecular formula is C18H19NO. The summed E-state index contributed by atoms with van der Waals surface area (Å²) >= 11 is 0. The van der Waals surface area contributed by atoms with Crippen molar-refractivity contribution in [2.45, 2.75) is 12.8 Å². The number of carbonyl (C=O) groups excluding carboxylic acids is 1. The van der Waals surface area contributed by atoms with Crippen molar-refractivity contribution >= 4 is 11.6 Å². The third kappa shape index (κ3) is 4.09. The number of hydrogen-bond donors (Lipinski definition) is 0. The Morgan fingerprint density at radius 2 is 1.60 bits per heavy atom. The average Bonchev–Trinajstić information content (AvgIpc) is 2.52. The van der Waals surface area contributed by atoms with E-state index in [0.717, 1.165) is 18.5 Å². The van der Waals surface area contributed by atoms with E-state index in [-0.39, 0.29) is 5.91 Å².